The van der Waals surface area contributed by atoms with Gasteiger partial charge >= 0.3 is 0 Å². The molecule has 1 fully saturated rings. The van der Waals surface area contributed by atoms with E-state index in [1.165, 1.54) is 37.4 Å². The molecule has 30 heavy (non-hydrogen) atoms. The van der Waals surface area contributed by atoms with Gasteiger partial charge in [0.25, 0.3) is 0 Å². The number of rotatable bonds is 5. The van der Waals surface area contributed by atoms with Gasteiger partial charge in [-0.15, -0.1) is 0 Å². The third kappa shape index (κ3) is 3.75. The summed E-state index contributed by atoms with van der Waals surface area (Å²) in [7, 11) is 1.21. The molecule has 0 aromatic heterocycles. The normalized spacial score (nSPS) is 29.8. The van der Waals surface area contributed by atoms with E-state index in [4.69, 9.17) is 21.1 Å². The summed E-state index contributed by atoms with van der Waals surface area (Å²) in [6.45, 7) is 1.21. The number of hydrogen-bond donors (Lipinski definition) is 6. The second kappa shape index (κ2) is 8.51. The van der Waals surface area contributed by atoms with Gasteiger partial charge in [0.05, 0.1) is 6.61 Å². The monoisotopic (exact) mass is 440 g/mol. The average Bonchev–Trinajstić information content (AvgIpc) is 2.73. The quantitative estimate of drug-likeness (QED) is 0.360. The van der Waals surface area contributed by atoms with Crippen LogP contribution >= 0.6 is 11.6 Å². The third-order valence-corrected chi connectivity index (χ3v) is 5.78. The highest BCUT2D eigenvalue weighted by molar-refractivity contribution is 6.31. The second-order valence-corrected chi connectivity index (χ2v) is 7.78. The van der Waals surface area contributed by atoms with E-state index in [2.05, 4.69) is 0 Å². The maximum Gasteiger partial charge on any atom is 0.224 e. The first-order valence-corrected chi connectivity index (χ1v) is 9.66. The van der Waals surface area contributed by atoms with Crippen LogP contribution in [-0.2, 0) is 21.0 Å². The van der Waals surface area contributed by atoms with Gasteiger partial charge in [0, 0.05) is 28.8 Å². The molecule has 0 radical (unpaired) electrons. The first-order chi connectivity index (χ1) is 14.1. The molecule has 0 spiro atoms. The van der Waals surface area contributed by atoms with Crippen molar-refractivity contribution in [3.8, 4) is 0 Å². The molecule has 9 heteroatoms. The van der Waals surface area contributed by atoms with Crippen LogP contribution in [0.4, 0.5) is 0 Å². The Morgan fingerprint density at radius 1 is 1.07 bits per heavy atom. The lowest BCUT2D eigenvalue weighted by atomic mass is 9.86. The Bertz CT molecular complexity index is 885. The van der Waals surface area contributed by atoms with Gasteiger partial charge < -0.3 is 40.1 Å². The average molecular weight is 441 g/mol. The number of aliphatic hydroxyl groups excluding tert-OH is 4. The summed E-state index contributed by atoms with van der Waals surface area (Å²) in [6.07, 6.45) is -6.25. The van der Waals surface area contributed by atoms with Gasteiger partial charge in [-0.25, -0.2) is 0 Å². The van der Waals surface area contributed by atoms with E-state index in [1.54, 1.807) is 12.1 Å². The molecule has 1 aliphatic rings. The molecule has 2 aromatic carbocycles. The van der Waals surface area contributed by atoms with E-state index in [-0.39, 0.29) is 21.7 Å². The molecular weight excluding hydrogens is 416 g/mol. The molecule has 8 nitrogen and oxygen atoms in total. The van der Waals surface area contributed by atoms with Gasteiger partial charge in [0.1, 0.15) is 24.4 Å². The van der Waals surface area contributed by atoms with Gasteiger partial charge in [-0.1, -0.05) is 47.5 Å². The van der Waals surface area contributed by atoms with Crippen molar-refractivity contribution in [1.29, 1.82) is 0 Å². The number of methoxy groups -OCH3 is 1. The molecule has 5 unspecified atom stereocenters. The molecule has 0 bridgehead atoms. The van der Waals surface area contributed by atoms with E-state index in [9.17, 15) is 30.6 Å². The molecule has 3 rings (SSSR count). The van der Waals surface area contributed by atoms with Crippen LogP contribution in [-0.4, -0.2) is 68.8 Å². The van der Waals surface area contributed by atoms with Crippen molar-refractivity contribution in [2.75, 3.05) is 13.7 Å². The van der Waals surface area contributed by atoms with Crippen molar-refractivity contribution in [2.45, 2.75) is 42.9 Å². The van der Waals surface area contributed by atoms with Crippen molar-refractivity contribution in [3.05, 3.63) is 69.7 Å². The van der Waals surface area contributed by atoms with Crippen LogP contribution in [0.25, 0.3) is 0 Å². The summed E-state index contributed by atoms with van der Waals surface area (Å²) >= 11 is 6.24. The number of aryl methyl sites for hydroxylation is 1. The largest absolute Gasteiger partial charge is 0.394 e. The lowest BCUT2D eigenvalue weighted by Crippen LogP contribution is -2.64. The van der Waals surface area contributed by atoms with Crippen LogP contribution in [0, 0.1) is 6.92 Å². The number of ether oxygens (including phenoxy) is 2. The van der Waals surface area contributed by atoms with Gasteiger partial charge in [-0.05, 0) is 19.1 Å². The fourth-order valence-corrected chi connectivity index (χ4v) is 3.87. The highest BCUT2D eigenvalue weighted by Gasteiger charge is 2.55. The van der Waals surface area contributed by atoms with Crippen LogP contribution < -0.4 is 0 Å². The van der Waals surface area contributed by atoms with Gasteiger partial charge in [0.2, 0.25) is 11.6 Å². The molecule has 0 amide bonds. The zero-order chi connectivity index (χ0) is 22.3. The van der Waals surface area contributed by atoms with E-state index >= 15 is 0 Å². The molecule has 0 saturated carbocycles. The Morgan fingerprint density at radius 3 is 2.27 bits per heavy atom. The Kier molecular flexibility index (Phi) is 6.54. The first-order valence-electron chi connectivity index (χ1n) is 9.29. The molecule has 5 atom stereocenters. The minimum Gasteiger partial charge on any atom is -0.394 e. The van der Waals surface area contributed by atoms with Crippen molar-refractivity contribution in [1.82, 2.24) is 0 Å². The fourth-order valence-electron chi connectivity index (χ4n) is 3.62. The number of benzene rings is 2. The predicted molar refractivity (Wildman–Crippen MR) is 107 cm³/mol. The third-order valence-electron chi connectivity index (χ3n) is 5.45. The topological polar surface area (TPSA) is 140 Å². The number of aliphatic hydroxyl groups is 6. The fraction of sp³-hybridized carbons (Fsp3) is 0.429. The summed E-state index contributed by atoms with van der Waals surface area (Å²) in [5.41, 5.74) is 1.07. The summed E-state index contributed by atoms with van der Waals surface area (Å²) in [4.78, 5) is 0. The molecule has 1 heterocycles. The molecule has 2 aromatic rings. The standard InChI is InChI=1S/C21H25ClO8/c1-11-3-5-12(6-4-11)20(27,28)14-9-13(7-8-15(14)22)21(29-2)19(26)18(25)17(24)16(10-23)30-21/h3-9,16-19,23-28H,10H2,1-2H3. The van der Waals surface area contributed by atoms with Crippen LogP contribution in [0.2, 0.25) is 5.02 Å². The SMILES string of the molecule is COC1(c2ccc(Cl)c(C(O)(O)c3ccc(C)cc3)c2)OC(CO)C(O)C(O)C1O. The van der Waals surface area contributed by atoms with Gasteiger partial charge in [0.15, 0.2) is 0 Å². The van der Waals surface area contributed by atoms with Gasteiger partial charge in [-0.2, -0.15) is 0 Å². The van der Waals surface area contributed by atoms with E-state index < -0.39 is 42.6 Å². The molecule has 1 saturated heterocycles. The minimum absolute atomic E-state index is 0.0279. The Balaban J connectivity index is 2.12. The number of halogens is 1. The molecule has 6 N–H and O–H groups in total. The first kappa shape index (κ1) is 23.1. The Hall–Kier alpha value is -1.59. The summed E-state index contributed by atoms with van der Waals surface area (Å²) < 4.78 is 11.0. The summed E-state index contributed by atoms with van der Waals surface area (Å²) in [6, 6.07) is 10.6. The molecular formula is C21H25ClO8. The molecule has 164 valence electrons. The Labute approximate surface area is 178 Å². The van der Waals surface area contributed by atoms with Crippen LogP contribution in [0.15, 0.2) is 42.5 Å². The lowest BCUT2D eigenvalue weighted by Gasteiger charge is -2.47. The van der Waals surface area contributed by atoms with Crippen LogP contribution in [0.1, 0.15) is 22.3 Å². The van der Waals surface area contributed by atoms with Gasteiger partial charge in [-0.3, -0.25) is 0 Å². The van der Waals surface area contributed by atoms with Crippen LogP contribution in [0.5, 0.6) is 0 Å². The van der Waals surface area contributed by atoms with E-state index in [1.807, 2.05) is 6.92 Å². The lowest BCUT2D eigenvalue weighted by molar-refractivity contribution is -0.366. The zero-order valence-corrected chi connectivity index (χ0v) is 17.2. The predicted octanol–water partition coefficient (Wildman–Crippen LogP) is 0.107. The molecule has 0 aliphatic carbocycles. The second-order valence-electron chi connectivity index (χ2n) is 7.37. The van der Waals surface area contributed by atoms with E-state index in [0.29, 0.717) is 0 Å². The summed E-state index contributed by atoms with van der Waals surface area (Å²) in [5, 5.41) is 62.2. The maximum atomic E-state index is 10.9. The Morgan fingerprint density at radius 2 is 1.70 bits per heavy atom. The number of hydrogen-bond acceptors (Lipinski definition) is 8. The van der Waals surface area contributed by atoms with E-state index in [0.717, 1.165) is 5.56 Å². The smallest absolute Gasteiger partial charge is 0.224 e. The van der Waals surface area contributed by atoms with Crippen molar-refractivity contribution in [2.24, 2.45) is 0 Å². The highest BCUT2D eigenvalue weighted by Crippen LogP contribution is 2.42. The maximum absolute atomic E-state index is 10.9. The summed E-state index contributed by atoms with van der Waals surface area (Å²) in [5.74, 6) is -4.49. The highest BCUT2D eigenvalue weighted by atomic mass is 35.5. The van der Waals surface area contributed by atoms with Crippen molar-refractivity contribution < 1.29 is 40.1 Å². The zero-order valence-electron chi connectivity index (χ0n) is 16.4. The van der Waals surface area contributed by atoms with Crippen molar-refractivity contribution in [3.63, 3.8) is 0 Å². The van der Waals surface area contributed by atoms with Crippen LogP contribution in [0.3, 0.4) is 0 Å². The minimum atomic E-state index is -2.48. The van der Waals surface area contributed by atoms with Crippen molar-refractivity contribution >= 4 is 11.6 Å². The molecule has 1 aliphatic heterocycles.